The SMILES string of the molecule is CC(C)COc1ccccc1/C=N\Nc1cnn(C)c(=O)c1Cl. The van der Waals surface area contributed by atoms with Gasteiger partial charge in [0, 0.05) is 12.6 Å². The van der Waals surface area contributed by atoms with Crippen molar-refractivity contribution in [3.8, 4) is 5.75 Å². The van der Waals surface area contributed by atoms with Crippen molar-refractivity contribution in [1.82, 2.24) is 9.78 Å². The highest BCUT2D eigenvalue weighted by Gasteiger charge is 2.06. The van der Waals surface area contributed by atoms with E-state index in [1.807, 2.05) is 24.3 Å². The second-order valence-electron chi connectivity index (χ2n) is 5.41. The normalized spacial score (nSPS) is 11.2. The highest BCUT2D eigenvalue weighted by molar-refractivity contribution is 6.32. The molecule has 1 aromatic heterocycles. The Labute approximate surface area is 139 Å². The zero-order valence-electron chi connectivity index (χ0n) is 13.3. The van der Waals surface area contributed by atoms with Gasteiger partial charge in [-0.3, -0.25) is 10.2 Å². The lowest BCUT2D eigenvalue weighted by molar-refractivity contribution is 0.271. The molecule has 0 aliphatic heterocycles. The van der Waals surface area contributed by atoms with E-state index in [-0.39, 0.29) is 10.6 Å². The Morgan fingerprint density at radius 1 is 1.43 bits per heavy atom. The maximum atomic E-state index is 11.7. The number of nitrogens with one attached hydrogen (secondary N) is 1. The fraction of sp³-hybridized carbons (Fsp3) is 0.312. The van der Waals surface area contributed by atoms with Crippen molar-refractivity contribution in [2.75, 3.05) is 12.0 Å². The standard InChI is InChI=1S/C16H19ClN4O2/c1-11(2)10-23-14-7-5-4-6-12(14)8-18-20-13-9-19-21(3)16(22)15(13)17/h4-9,11,20H,10H2,1-3H3/b18-8-. The molecule has 0 saturated carbocycles. The minimum Gasteiger partial charge on any atom is -0.493 e. The van der Waals surface area contributed by atoms with E-state index in [0.29, 0.717) is 18.2 Å². The Kier molecular flexibility index (Phi) is 5.76. The Morgan fingerprint density at radius 3 is 2.91 bits per heavy atom. The number of ether oxygens (including phenoxy) is 1. The first-order valence-corrected chi connectivity index (χ1v) is 7.59. The number of rotatable bonds is 6. The molecule has 0 fully saturated rings. The summed E-state index contributed by atoms with van der Waals surface area (Å²) >= 11 is 5.96. The zero-order valence-corrected chi connectivity index (χ0v) is 14.0. The quantitative estimate of drug-likeness (QED) is 0.651. The van der Waals surface area contributed by atoms with Crippen LogP contribution in [0.1, 0.15) is 19.4 Å². The largest absolute Gasteiger partial charge is 0.493 e. The van der Waals surface area contributed by atoms with Crippen molar-refractivity contribution < 1.29 is 4.74 Å². The van der Waals surface area contributed by atoms with Crippen molar-refractivity contribution in [2.45, 2.75) is 13.8 Å². The molecular weight excluding hydrogens is 316 g/mol. The minimum atomic E-state index is -0.382. The molecule has 1 heterocycles. The van der Waals surface area contributed by atoms with E-state index in [0.717, 1.165) is 16.0 Å². The van der Waals surface area contributed by atoms with Gasteiger partial charge in [-0.05, 0) is 18.1 Å². The van der Waals surface area contributed by atoms with Crippen LogP contribution in [-0.4, -0.2) is 22.6 Å². The highest BCUT2D eigenvalue weighted by Crippen LogP contribution is 2.18. The number of hydrogen-bond acceptors (Lipinski definition) is 5. The predicted molar refractivity (Wildman–Crippen MR) is 92.5 cm³/mol. The van der Waals surface area contributed by atoms with Crippen molar-refractivity contribution in [1.29, 1.82) is 0 Å². The summed E-state index contributed by atoms with van der Waals surface area (Å²) in [6.45, 7) is 4.80. The Balaban J connectivity index is 2.12. The van der Waals surface area contributed by atoms with Crippen LogP contribution in [0.25, 0.3) is 0 Å². The van der Waals surface area contributed by atoms with Gasteiger partial charge in [0.25, 0.3) is 5.56 Å². The number of para-hydroxylation sites is 1. The summed E-state index contributed by atoms with van der Waals surface area (Å²) in [5.41, 5.74) is 3.53. The number of benzene rings is 1. The molecule has 0 aliphatic rings. The van der Waals surface area contributed by atoms with Gasteiger partial charge in [-0.1, -0.05) is 37.6 Å². The molecule has 0 saturated heterocycles. The average Bonchev–Trinajstić information content (AvgIpc) is 2.54. The summed E-state index contributed by atoms with van der Waals surface area (Å²) in [7, 11) is 1.53. The van der Waals surface area contributed by atoms with Gasteiger partial charge in [-0.25, -0.2) is 4.68 Å². The van der Waals surface area contributed by atoms with Gasteiger partial charge in [0.1, 0.15) is 16.5 Å². The minimum absolute atomic E-state index is 0.0454. The molecule has 0 atom stereocenters. The van der Waals surface area contributed by atoms with Crippen molar-refractivity contribution in [3.05, 3.63) is 51.4 Å². The van der Waals surface area contributed by atoms with Gasteiger partial charge >= 0.3 is 0 Å². The van der Waals surface area contributed by atoms with Gasteiger partial charge in [0.15, 0.2) is 0 Å². The molecule has 0 radical (unpaired) electrons. The van der Waals surface area contributed by atoms with Crippen LogP contribution in [0.15, 0.2) is 40.4 Å². The van der Waals surface area contributed by atoms with Crippen molar-refractivity contribution >= 4 is 23.5 Å². The van der Waals surface area contributed by atoms with Crippen LogP contribution in [0, 0.1) is 5.92 Å². The maximum Gasteiger partial charge on any atom is 0.287 e. The van der Waals surface area contributed by atoms with E-state index >= 15 is 0 Å². The number of hydrogen-bond donors (Lipinski definition) is 1. The third kappa shape index (κ3) is 4.56. The molecule has 2 rings (SSSR count). The second kappa shape index (κ2) is 7.78. The molecular formula is C16H19ClN4O2. The first kappa shape index (κ1) is 17.0. The van der Waals surface area contributed by atoms with E-state index in [9.17, 15) is 4.79 Å². The lowest BCUT2D eigenvalue weighted by Crippen LogP contribution is -2.20. The lowest BCUT2D eigenvalue weighted by atomic mass is 10.2. The summed E-state index contributed by atoms with van der Waals surface area (Å²) < 4.78 is 6.91. The molecule has 6 nitrogen and oxygen atoms in total. The van der Waals surface area contributed by atoms with Crippen LogP contribution in [0.4, 0.5) is 5.69 Å². The van der Waals surface area contributed by atoms with E-state index in [2.05, 4.69) is 29.5 Å². The second-order valence-corrected chi connectivity index (χ2v) is 5.79. The molecule has 0 spiro atoms. The maximum absolute atomic E-state index is 11.7. The number of aromatic nitrogens is 2. The Hall–Kier alpha value is -2.34. The average molecular weight is 335 g/mol. The van der Waals surface area contributed by atoms with Crippen LogP contribution >= 0.6 is 11.6 Å². The van der Waals surface area contributed by atoms with Gasteiger partial charge in [0.05, 0.1) is 19.0 Å². The highest BCUT2D eigenvalue weighted by atomic mass is 35.5. The molecule has 0 bridgehead atoms. The molecule has 0 amide bonds. The smallest absolute Gasteiger partial charge is 0.287 e. The van der Waals surface area contributed by atoms with Crippen LogP contribution in [0.2, 0.25) is 5.02 Å². The molecule has 0 unspecified atom stereocenters. The molecule has 122 valence electrons. The van der Waals surface area contributed by atoms with E-state index in [4.69, 9.17) is 16.3 Å². The number of anilines is 1. The molecule has 1 aromatic carbocycles. The summed E-state index contributed by atoms with van der Waals surface area (Å²) in [5, 5.41) is 8.04. The fourth-order valence-corrected chi connectivity index (χ4v) is 1.95. The van der Waals surface area contributed by atoms with E-state index in [1.54, 1.807) is 6.21 Å². The fourth-order valence-electron chi connectivity index (χ4n) is 1.74. The van der Waals surface area contributed by atoms with Crippen molar-refractivity contribution in [2.24, 2.45) is 18.1 Å². The molecule has 1 N–H and O–H groups in total. The summed E-state index contributed by atoms with van der Waals surface area (Å²) in [6, 6.07) is 7.58. The molecule has 7 heteroatoms. The van der Waals surface area contributed by atoms with Gasteiger partial charge in [-0.15, -0.1) is 0 Å². The summed E-state index contributed by atoms with van der Waals surface area (Å²) in [4.78, 5) is 11.7. The van der Waals surface area contributed by atoms with Crippen LogP contribution < -0.4 is 15.7 Å². The lowest BCUT2D eigenvalue weighted by Gasteiger charge is -2.10. The zero-order chi connectivity index (χ0) is 16.8. The topological polar surface area (TPSA) is 68.5 Å². The third-order valence-corrected chi connectivity index (χ3v) is 3.32. The van der Waals surface area contributed by atoms with Crippen LogP contribution in [0.5, 0.6) is 5.75 Å². The molecule has 0 aliphatic carbocycles. The summed E-state index contributed by atoms with van der Waals surface area (Å²) in [6.07, 6.45) is 3.06. The third-order valence-electron chi connectivity index (χ3n) is 2.96. The van der Waals surface area contributed by atoms with Gasteiger partial charge in [0.2, 0.25) is 0 Å². The number of aryl methyl sites for hydroxylation is 1. The van der Waals surface area contributed by atoms with E-state index < -0.39 is 0 Å². The van der Waals surface area contributed by atoms with Crippen LogP contribution in [-0.2, 0) is 7.05 Å². The first-order chi connectivity index (χ1) is 11.0. The van der Waals surface area contributed by atoms with E-state index in [1.165, 1.54) is 13.2 Å². The van der Waals surface area contributed by atoms with Crippen molar-refractivity contribution in [3.63, 3.8) is 0 Å². The number of nitrogens with zero attached hydrogens (tertiary/aromatic N) is 3. The van der Waals surface area contributed by atoms with Gasteiger partial charge in [-0.2, -0.15) is 10.2 Å². The molecule has 23 heavy (non-hydrogen) atoms. The Morgan fingerprint density at radius 2 is 2.17 bits per heavy atom. The van der Waals surface area contributed by atoms with Gasteiger partial charge < -0.3 is 4.74 Å². The summed E-state index contributed by atoms with van der Waals surface area (Å²) in [5.74, 6) is 1.18. The predicted octanol–water partition coefficient (Wildman–Crippen LogP) is 2.91. The number of halogens is 1. The number of hydrazone groups is 1. The first-order valence-electron chi connectivity index (χ1n) is 7.21. The molecule has 2 aromatic rings. The van der Waals surface area contributed by atoms with Crippen LogP contribution in [0.3, 0.4) is 0 Å². The monoisotopic (exact) mass is 334 g/mol. The Bertz CT molecular complexity index is 756.